The van der Waals surface area contributed by atoms with E-state index < -0.39 is 5.97 Å². The normalized spacial score (nSPS) is 10.7. The SMILES string of the molecule is Cc1cc(C(=O)COC(=O)Cn2cnnn2)c(C)n1CCc1ccccc1. The maximum absolute atomic E-state index is 12.5. The number of hydrogen-bond donors (Lipinski definition) is 0. The van der Waals surface area contributed by atoms with E-state index in [1.807, 2.05) is 38.1 Å². The fourth-order valence-corrected chi connectivity index (χ4v) is 2.97. The Morgan fingerprint density at radius 1 is 1.15 bits per heavy atom. The first-order chi connectivity index (χ1) is 13.0. The van der Waals surface area contributed by atoms with Gasteiger partial charge in [-0.15, -0.1) is 5.10 Å². The van der Waals surface area contributed by atoms with E-state index >= 15 is 0 Å². The van der Waals surface area contributed by atoms with E-state index in [9.17, 15) is 9.59 Å². The molecule has 2 heterocycles. The molecule has 27 heavy (non-hydrogen) atoms. The zero-order valence-electron chi connectivity index (χ0n) is 15.3. The van der Waals surface area contributed by atoms with Gasteiger partial charge in [-0.2, -0.15) is 0 Å². The first-order valence-corrected chi connectivity index (χ1v) is 8.65. The zero-order chi connectivity index (χ0) is 19.2. The number of ketones is 1. The smallest absolute Gasteiger partial charge is 0.328 e. The molecule has 1 aromatic carbocycles. The van der Waals surface area contributed by atoms with Crippen LogP contribution in [0.4, 0.5) is 0 Å². The highest BCUT2D eigenvalue weighted by Crippen LogP contribution is 2.17. The van der Waals surface area contributed by atoms with Gasteiger partial charge in [-0.3, -0.25) is 9.59 Å². The number of aryl methyl sites for hydroxylation is 2. The highest BCUT2D eigenvalue weighted by molar-refractivity contribution is 5.99. The average molecular weight is 367 g/mol. The summed E-state index contributed by atoms with van der Waals surface area (Å²) >= 11 is 0. The molecule has 0 atom stereocenters. The molecule has 0 N–H and O–H groups in total. The molecule has 0 aliphatic rings. The number of Topliss-reactive ketones (excluding diaryl/α,β-unsaturated/α-hetero) is 1. The highest BCUT2D eigenvalue weighted by atomic mass is 16.5. The Morgan fingerprint density at radius 2 is 1.93 bits per heavy atom. The number of hydrogen-bond acceptors (Lipinski definition) is 6. The van der Waals surface area contributed by atoms with Crippen LogP contribution in [0.5, 0.6) is 0 Å². The molecule has 0 saturated carbocycles. The van der Waals surface area contributed by atoms with Crippen molar-refractivity contribution in [3.8, 4) is 0 Å². The fourth-order valence-electron chi connectivity index (χ4n) is 2.97. The lowest BCUT2D eigenvalue weighted by Crippen LogP contribution is -2.19. The van der Waals surface area contributed by atoms with Crippen LogP contribution in [0.3, 0.4) is 0 Å². The second-order valence-electron chi connectivity index (χ2n) is 6.26. The summed E-state index contributed by atoms with van der Waals surface area (Å²) in [5.41, 5.74) is 3.71. The molecule has 3 rings (SSSR count). The summed E-state index contributed by atoms with van der Waals surface area (Å²) in [6, 6.07) is 12.0. The van der Waals surface area contributed by atoms with Gasteiger partial charge >= 0.3 is 5.97 Å². The van der Waals surface area contributed by atoms with E-state index in [4.69, 9.17) is 4.74 Å². The molecule has 8 heteroatoms. The third-order valence-electron chi connectivity index (χ3n) is 4.39. The Kier molecular flexibility index (Phi) is 5.75. The Morgan fingerprint density at radius 3 is 2.63 bits per heavy atom. The molecule has 0 radical (unpaired) electrons. The quantitative estimate of drug-likeness (QED) is 0.445. The van der Waals surface area contributed by atoms with Crippen LogP contribution in [0.1, 0.15) is 27.3 Å². The van der Waals surface area contributed by atoms with Gasteiger partial charge in [-0.1, -0.05) is 30.3 Å². The van der Waals surface area contributed by atoms with Gasteiger partial charge in [0.15, 0.2) is 6.61 Å². The van der Waals surface area contributed by atoms with E-state index in [-0.39, 0.29) is 18.9 Å². The monoisotopic (exact) mass is 367 g/mol. The number of nitrogens with zero attached hydrogens (tertiary/aromatic N) is 5. The van der Waals surface area contributed by atoms with Crippen molar-refractivity contribution >= 4 is 11.8 Å². The molecular formula is C19H21N5O3. The maximum Gasteiger partial charge on any atom is 0.328 e. The van der Waals surface area contributed by atoms with E-state index in [0.29, 0.717) is 5.56 Å². The number of ether oxygens (including phenoxy) is 1. The summed E-state index contributed by atoms with van der Waals surface area (Å²) < 4.78 is 8.40. The minimum absolute atomic E-state index is 0.129. The van der Waals surface area contributed by atoms with Crippen LogP contribution in [-0.4, -0.2) is 43.1 Å². The molecule has 0 unspecified atom stereocenters. The molecule has 140 valence electrons. The summed E-state index contributed by atoms with van der Waals surface area (Å²) in [6.45, 7) is 4.24. The second kappa shape index (κ2) is 8.39. The third kappa shape index (κ3) is 4.66. The third-order valence-corrected chi connectivity index (χ3v) is 4.39. The maximum atomic E-state index is 12.5. The molecule has 0 amide bonds. The predicted molar refractivity (Wildman–Crippen MR) is 97.2 cm³/mol. The summed E-state index contributed by atoms with van der Waals surface area (Å²) in [5, 5.41) is 10.5. The number of tetrazole rings is 1. The van der Waals surface area contributed by atoms with Crippen molar-refractivity contribution in [1.29, 1.82) is 0 Å². The summed E-state index contributed by atoms with van der Waals surface area (Å²) in [7, 11) is 0. The van der Waals surface area contributed by atoms with Gasteiger partial charge in [0.05, 0.1) is 0 Å². The molecule has 0 aliphatic heterocycles. The standard InChI is InChI=1S/C19H21N5O3/c1-14-10-17(15(2)24(14)9-8-16-6-4-3-5-7-16)18(25)12-27-19(26)11-23-13-20-21-22-23/h3-7,10,13H,8-9,11-12H2,1-2H3. The molecule has 0 fully saturated rings. The van der Waals surface area contributed by atoms with E-state index in [0.717, 1.165) is 24.4 Å². The van der Waals surface area contributed by atoms with Crippen molar-refractivity contribution in [3.05, 3.63) is 65.2 Å². The van der Waals surface area contributed by atoms with E-state index in [1.54, 1.807) is 0 Å². The van der Waals surface area contributed by atoms with Crippen LogP contribution in [-0.2, 0) is 29.0 Å². The first-order valence-electron chi connectivity index (χ1n) is 8.65. The van der Waals surface area contributed by atoms with Crippen molar-refractivity contribution < 1.29 is 14.3 Å². The Balaban J connectivity index is 1.59. The second-order valence-corrected chi connectivity index (χ2v) is 6.26. The van der Waals surface area contributed by atoms with Gasteiger partial charge in [-0.05, 0) is 42.3 Å². The summed E-state index contributed by atoms with van der Waals surface area (Å²) in [6.07, 6.45) is 2.19. The number of aromatic nitrogens is 5. The Hall–Kier alpha value is -3.29. The van der Waals surface area contributed by atoms with Crippen molar-refractivity contribution in [1.82, 2.24) is 24.8 Å². The molecule has 2 aromatic heterocycles. The van der Waals surface area contributed by atoms with Crippen molar-refractivity contribution in [2.24, 2.45) is 0 Å². The largest absolute Gasteiger partial charge is 0.456 e. The minimum atomic E-state index is -0.562. The van der Waals surface area contributed by atoms with Crippen LogP contribution in [0.15, 0.2) is 42.7 Å². The lowest BCUT2D eigenvalue weighted by atomic mass is 10.1. The van der Waals surface area contributed by atoms with Crippen LogP contribution in [0.2, 0.25) is 0 Å². The highest BCUT2D eigenvalue weighted by Gasteiger charge is 2.17. The number of carbonyl (C=O) groups excluding carboxylic acids is 2. The number of benzene rings is 1. The van der Waals surface area contributed by atoms with Crippen LogP contribution in [0, 0.1) is 13.8 Å². The lowest BCUT2D eigenvalue weighted by Gasteiger charge is -2.10. The molecule has 0 bridgehead atoms. The first kappa shape index (κ1) is 18.5. The summed E-state index contributed by atoms with van der Waals surface area (Å²) in [4.78, 5) is 24.2. The summed E-state index contributed by atoms with van der Waals surface area (Å²) in [5.74, 6) is -0.785. The molecular weight excluding hydrogens is 346 g/mol. The van der Waals surface area contributed by atoms with Crippen LogP contribution >= 0.6 is 0 Å². The van der Waals surface area contributed by atoms with Gasteiger partial charge < -0.3 is 9.30 Å². The van der Waals surface area contributed by atoms with E-state index in [2.05, 4.69) is 32.2 Å². The fraction of sp³-hybridized carbons (Fsp3) is 0.316. The van der Waals surface area contributed by atoms with E-state index in [1.165, 1.54) is 16.6 Å². The van der Waals surface area contributed by atoms with Crippen LogP contribution in [0.25, 0.3) is 0 Å². The molecule has 3 aromatic rings. The molecule has 8 nitrogen and oxygen atoms in total. The lowest BCUT2D eigenvalue weighted by molar-refractivity contribution is -0.143. The van der Waals surface area contributed by atoms with Crippen molar-refractivity contribution in [2.75, 3.05) is 6.61 Å². The van der Waals surface area contributed by atoms with Gasteiger partial charge in [0.1, 0.15) is 12.9 Å². The van der Waals surface area contributed by atoms with Crippen LogP contribution < -0.4 is 0 Å². The molecule has 0 spiro atoms. The zero-order valence-corrected chi connectivity index (χ0v) is 15.3. The average Bonchev–Trinajstić information content (AvgIpc) is 3.27. The number of esters is 1. The predicted octanol–water partition coefficient (Wildman–Crippen LogP) is 1.76. The van der Waals surface area contributed by atoms with Gasteiger partial charge in [-0.25, -0.2) is 4.68 Å². The minimum Gasteiger partial charge on any atom is -0.456 e. The number of carbonyl (C=O) groups is 2. The van der Waals surface area contributed by atoms with Gasteiger partial charge in [0, 0.05) is 23.5 Å². The molecule has 0 aliphatic carbocycles. The van der Waals surface area contributed by atoms with Gasteiger partial charge in [0.2, 0.25) is 5.78 Å². The van der Waals surface area contributed by atoms with Gasteiger partial charge in [0.25, 0.3) is 0 Å². The Labute approximate surface area is 156 Å². The van der Waals surface area contributed by atoms with Crippen molar-refractivity contribution in [2.45, 2.75) is 33.4 Å². The topological polar surface area (TPSA) is 91.9 Å². The molecule has 0 saturated heterocycles. The Bertz CT molecular complexity index is 916. The van der Waals surface area contributed by atoms with Crippen molar-refractivity contribution in [3.63, 3.8) is 0 Å². The number of rotatable bonds is 8.